The summed E-state index contributed by atoms with van der Waals surface area (Å²) >= 11 is 2.33. The first-order valence-corrected chi connectivity index (χ1v) is 12.0. The predicted octanol–water partition coefficient (Wildman–Crippen LogP) is 5.39. The number of benzene rings is 3. The van der Waals surface area contributed by atoms with Crippen molar-refractivity contribution in [3.63, 3.8) is 0 Å². The van der Waals surface area contributed by atoms with Gasteiger partial charge in [-0.3, -0.25) is 4.79 Å². The monoisotopic (exact) mass is 563 g/mol. The molecule has 0 atom stereocenters. The minimum absolute atomic E-state index is 0.473. The molecule has 0 saturated carbocycles. The van der Waals surface area contributed by atoms with Gasteiger partial charge in [0.1, 0.15) is 0 Å². The van der Waals surface area contributed by atoms with E-state index in [2.05, 4.69) is 62.8 Å². The summed E-state index contributed by atoms with van der Waals surface area (Å²) in [5, 5.41) is 15.7. The molecule has 0 spiro atoms. The quantitative estimate of drug-likeness (QED) is 0.188. The maximum absolute atomic E-state index is 13.2. The molecule has 3 aromatic carbocycles. The van der Waals surface area contributed by atoms with Crippen molar-refractivity contribution in [2.75, 3.05) is 0 Å². The van der Waals surface area contributed by atoms with Crippen molar-refractivity contribution in [3.05, 3.63) is 122 Å². The molecule has 0 aliphatic rings. The van der Waals surface area contributed by atoms with Crippen LogP contribution in [0, 0.1) is 24.3 Å². The smallest absolute Gasteiger partial charge is 0.281 e. The molecule has 1 heterocycles. The number of halogens is 1. The molecule has 0 fully saturated rings. The van der Waals surface area contributed by atoms with Crippen LogP contribution in [0.5, 0.6) is 0 Å². The molecule has 0 unspecified atom stereocenters. The summed E-state index contributed by atoms with van der Waals surface area (Å²) in [6, 6.07) is 26.2. The van der Waals surface area contributed by atoms with E-state index in [4.69, 9.17) is 0 Å². The van der Waals surface area contributed by atoms with E-state index in [9.17, 15) is 9.90 Å². The lowest BCUT2D eigenvalue weighted by Crippen LogP contribution is -2.43. The highest BCUT2D eigenvalue weighted by atomic mass is 127. The summed E-state index contributed by atoms with van der Waals surface area (Å²) < 4.78 is 3.38. The first kappa shape index (κ1) is 23.9. The molecular formula is C28H26IN3O2. The van der Waals surface area contributed by atoms with E-state index in [1.165, 1.54) is 9.13 Å². The Bertz CT molecular complexity index is 1310. The van der Waals surface area contributed by atoms with Gasteiger partial charge in [0.2, 0.25) is 0 Å². The summed E-state index contributed by atoms with van der Waals surface area (Å²) in [6.45, 7) is 6.16. The van der Waals surface area contributed by atoms with Crippen molar-refractivity contribution in [2.45, 2.75) is 26.4 Å². The largest absolute Gasteiger partial charge is 0.372 e. The van der Waals surface area contributed by atoms with Crippen LogP contribution in [-0.2, 0) is 10.4 Å². The lowest BCUT2D eigenvalue weighted by Gasteiger charge is -2.27. The van der Waals surface area contributed by atoms with Crippen molar-refractivity contribution in [3.8, 4) is 5.69 Å². The summed E-state index contributed by atoms with van der Waals surface area (Å²) in [5.74, 6) is -0.622. The number of amides is 1. The maximum Gasteiger partial charge on any atom is 0.281 e. The van der Waals surface area contributed by atoms with E-state index in [0.29, 0.717) is 11.1 Å². The van der Waals surface area contributed by atoms with E-state index in [1.54, 1.807) is 54.7 Å². The first-order chi connectivity index (χ1) is 16.3. The third-order valence-electron chi connectivity index (χ3n) is 5.95. The number of carbonyl (C=O) groups excluding carboxylic acids is 1. The standard InChI is InChI=1S/C28H26IN3O2/c1-19-16-25(14-15-26(19)29)32-20(2)17-22(21(32)3)18-30-31-27(33)28(34,23-10-6-4-7-11-23)24-12-8-5-9-13-24/h4-18,34H,1-3H3,(H,31,33)/b30-18-. The molecule has 2 N–H and O–H groups in total. The minimum Gasteiger partial charge on any atom is -0.372 e. The molecule has 0 aliphatic heterocycles. The summed E-state index contributed by atoms with van der Waals surface area (Å²) in [7, 11) is 0. The van der Waals surface area contributed by atoms with Crippen LogP contribution in [0.3, 0.4) is 0 Å². The van der Waals surface area contributed by atoms with Gasteiger partial charge >= 0.3 is 0 Å². The van der Waals surface area contributed by atoms with Gasteiger partial charge in [0.15, 0.2) is 5.60 Å². The molecule has 172 valence electrons. The van der Waals surface area contributed by atoms with Crippen LogP contribution >= 0.6 is 22.6 Å². The zero-order chi connectivity index (χ0) is 24.3. The van der Waals surface area contributed by atoms with Crippen molar-refractivity contribution in [2.24, 2.45) is 5.10 Å². The molecule has 0 bridgehead atoms. The number of carbonyl (C=O) groups is 1. The van der Waals surface area contributed by atoms with Crippen LogP contribution < -0.4 is 5.43 Å². The number of hydrogen-bond acceptors (Lipinski definition) is 3. The number of rotatable bonds is 6. The van der Waals surface area contributed by atoms with E-state index in [0.717, 1.165) is 22.6 Å². The topological polar surface area (TPSA) is 66.6 Å². The van der Waals surface area contributed by atoms with Crippen LogP contribution in [0.15, 0.2) is 90.0 Å². The Hall–Kier alpha value is -3.23. The Morgan fingerprint density at radius 1 is 0.941 bits per heavy atom. The number of aromatic nitrogens is 1. The zero-order valence-corrected chi connectivity index (χ0v) is 21.4. The van der Waals surface area contributed by atoms with E-state index >= 15 is 0 Å². The van der Waals surface area contributed by atoms with Gasteiger partial charge in [-0.2, -0.15) is 5.10 Å². The molecule has 1 aromatic heterocycles. The first-order valence-electron chi connectivity index (χ1n) is 10.9. The van der Waals surface area contributed by atoms with Gasteiger partial charge < -0.3 is 9.67 Å². The van der Waals surface area contributed by atoms with Crippen molar-refractivity contribution >= 4 is 34.7 Å². The SMILES string of the molecule is Cc1cc(-n2c(C)cc(/C=N\NC(=O)C(O)(c3ccccc3)c3ccccc3)c2C)ccc1I. The molecule has 34 heavy (non-hydrogen) atoms. The van der Waals surface area contributed by atoms with Crippen LogP contribution in [-0.4, -0.2) is 21.8 Å². The number of hydrogen-bond donors (Lipinski definition) is 2. The van der Waals surface area contributed by atoms with Gasteiger partial charge in [-0.15, -0.1) is 0 Å². The normalized spacial score (nSPS) is 11.7. The third-order valence-corrected chi connectivity index (χ3v) is 7.16. The molecule has 4 aromatic rings. The third kappa shape index (κ3) is 4.56. The second-order valence-electron chi connectivity index (χ2n) is 8.24. The van der Waals surface area contributed by atoms with E-state index < -0.39 is 11.5 Å². The Morgan fingerprint density at radius 3 is 2.09 bits per heavy atom. The van der Waals surface area contributed by atoms with Gasteiger partial charge in [0.25, 0.3) is 5.91 Å². The summed E-state index contributed by atoms with van der Waals surface area (Å²) in [5.41, 5.74) is 6.89. The second-order valence-corrected chi connectivity index (χ2v) is 9.40. The summed E-state index contributed by atoms with van der Waals surface area (Å²) in [4.78, 5) is 13.2. The van der Waals surface area contributed by atoms with Gasteiger partial charge in [0, 0.05) is 26.2 Å². The van der Waals surface area contributed by atoms with Crippen molar-refractivity contribution < 1.29 is 9.90 Å². The van der Waals surface area contributed by atoms with E-state index in [1.807, 2.05) is 32.0 Å². The maximum atomic E-state index is 13.2. The van der Waals surface area contributed by atoms with Crippen LogP contribution in [0.25, 0.3) is 5.69 Å². The Kier molecular flexibility index (Phi) is 7.00. The van der Waals surface area contributed by atoms with Crippen LogP contribution in [0.1, 0.15) is 33.6 Å². The average Bonchev–Trinajstić information content (AvgIpc) is 3.14. The fraction of sp³-hybridized carbons (Fsp3) is 0.143. The Balaban J connectivity index is 1.61. The Morgan fingerprint density at radius 2 is 1.53 bits per heavy atom. The fourth-order valence-electron chi connectivity index (χ4n) is 4.11. The zero-order valence-electron chi connectivity index (χ0n) is 19.3. The lowest BCUT2D eigenvalue weighted by atomic mass is 9.85. The molecule has 4 rings (SSSR count). The molecule has 0 radical (unpaired) electrons. The second kappa shape index (κ2) is 9.95. The molecule has 0 aliphatic carbocycles. The number of aryl methyl sites for hydroxylation is 2. The van der Waals surface area contributed by atoms with Gasteiger partial charge in [0.05, 0.1) is 6.21 Å². The Labute approximate surface area is 213 Å². The molecule has 1 amide bonds. The molecule has 6 heteroatoms. The average molecular weight is 563 g/mol. The van der Waals surface area contributed by atoms with Crippen LogP contribution in [0.4, 0.5) is 0 Å². The number of nitrogens with zero attached hydrogens (tertiary/aromatic N) is 2. The van der Waals surface area contributed by atoms with Gasteiger partial charge in [-0.05, 0) is 84.3 Å². The van der Waals surface area contributed by atoms with Crippen molar-refractivity contribution in [1.29, 1.82) is 0 Å². The predicted molar refractivity (Wildman–Crippen MR) is 144 cm³/mol. The van der Waals surface area contributed by atoms with Gasteiger partial charge in [-0.25, -0.2) is 5.43 Å². The molecule has 0 saturated heterocycles. The van der Waals surface area contributed by atoms with Gasteiger partial charge in [-0.1, -0.05) is 60.7 Å². The highest BCUT2D eigenvalue weighted by Gasteiger charge is 2.39. The summed E-state index contributed by atoms with van der Waals surface area (Å²) in [6.07, 6.45) is 1.62. The molecule has 5 nitrogen and oxygen atoms in total. The number of aliphatic hydroxyl groups is 1. The minimum atomic E-state index is -1.87. The van der Waals surface area contributed by atoms with Crippen LogP contribution in [0.2, 0.25) is 0 Å². The molecular weight excluding hydrogens is 537 g/mol. The van der Waals surface area contributed by atoms with E-state index in [-0.39, 0.29) is 0 Å². The highest BCUT2D eigenvalue weighted by Crippen LogP contribution is 2.30. The highest BCUT2D eigenvalue weighted by molar-refractivity contribution is 14.1. The van der Waals surface area contributed by atoms with Crippen molar-refractivity contribution in [1.82, 2.24) is 9.99 Å². The number of hydrazone groups is 1. The lowest BCUT2D eigenvalue weighted by molar-refractivity contribution is -0.136. The fourth-order valence-corrected chi connectivity index (χ4v) is 4.45. The number of nitrogens with one attached hydrogen (secondary N) is 1.